The molecule has 8 nitrogen and oxygen atoms in total. The van der Waals surface area contributed by atoms with Gasteiger partial charge in [0, 0.05) is 25.0 Å². The highest BCUT2D eigenvalue weighted by Crippen LogP contribution is 2.54. The minimum Gasteiger partial charge on any atom is -0.258 e. The summed E-state index contributed by atoms with van der Waals surface area (Å²) in [5.74, 6) is 0. The first kappa shape index (κ1) is 22.6. The molecule has 0 aliphatic heterocycles. The van der Waals surface area contributed by atoms with Gasteiger partial charge in [0.1, 0.15) is 0 Å². The molecule has 2 aliphatic carbocycles. The number of halogens is 6. The fourth-order valence-electron chi connectivity index (χ4n) is 2.94. The maximum absolute atomic E-state index is 13.8. The summed E-state index contributed by atoms with van der Waals surface area (Å²) in [6.45, 7) is 0. The zero-order valence-corrected chi connectivity index (χ0v) is 14.7. The van der Waals surface area contributed by atoms with Gasteiger partial charge in [-0.1, -0.05) is 0 Å². The molecule has 160 valence electrons. The van der Waals surface area contributed by atoms with Crippen LogP contribution in [0.2, 0.25) is 0 Å². The molecule has 29 heavy (non-hydrogen) atoms. The molecule has 0 heterocycles. The summed E-state index contributed by atoms with van der Waals surface area (Å²) in [6, 6.07) is 0. The van der Waals surface area contributed by atoms with Crippen molar-refractivity contribution in [1.82, 2.24) is 0 Å². The Morgan fingerprint density at radius 1 is 0.793 bits per heavy atom. The van der Waals surface area contributed by atoms with E-state index in [1.54, 1.807) is 0 Å². The molecule has 0 aromatic rings. The minimum absolute atomic E-state index is 0.170. The molecular weight excluding hydrogens is 438 g/mol. The summed E-state index contributed by atoms with van der Waals surface area (Å²) in [4.78, 5) is 19.1. The normalized spacial score (nSPS) is 27.9. The molecule has 0 spiro atoms. The number of allylic oxidation sites excluding steroid dienone is 4. The number of hydrogen-bond donors (Lipinski definition) is 0. The van der Waals surface area contributed by atoms with E-state index in [2.05, 4.69) is 0 Å². The van der Waals surface area contributed by atoms with Gasteiger partial charge in [-0.3, -0.25) is 20.2 Å². The van der Waals surface area contributed by atoms with Crippen LogP contribution in [-0.2, 0) is 9.84 Å². The molecule has 0 saturated carbocycles. The lowest BCUT2D eigenvalue weighted by atomic mass is 9.96. The standard InChI is InChI=1S/C14H10F6N2O6S/c15-13(16,17)11(5-1-9(2-6-11)21(23)24)29(27,28)12(14(18,19)20)7-3-10(4-8-12)22(25)26/h1-5,7H,6,8H2. The van der Waals surface area contributed by atoms with Crippen molar-refractivity contribution in [3.05, 3.63) is 68.1 Å². The third-order valence-corrected chi connectivity index (χ3v) is 7.60. The zero-order valence-electron chi connectivity index (χ0n) is 13.9. The van der Waals surface area contributed by atoms with Crippen LogP contribution in [0.25, 0.3) is 0 Å². The summed E-state index contributed by atoms with van der Waals surface area (Å²) in [6.07, 6.45) is -14.4. The molecule has 2 unspecified atom stereocenters. The van der Waals surface area contributed by atoms with Crippen LogP contribution in [0.15, 0.2) is 47.9 Å². The van der Waals surface area contributed by atoms with E-state index in [0.29, 0.717) is 0 Å². The Morgan fingerprint density at radius 2 is 1.10 bits per heavy atom. The van der Waals surface area contributed by atoms with Crippen LogP contribution >= 0.6 is 0 Å². The lowest BCUT2D eigenvalue weighted by Crippen LogP contribution is -2.63. The minimum atomic E-state index is -6.28. The Kier molecular flexibility index (Phi) is 5.19. The maximum Gasteiger partial charge on any atom is 0.411 e. The fraction of sp³-hybridized carbons (Fsp3) is 0.429. The zero-order chi connectivity index (χ0) is 22.5. The van der Waals surface area contributed by atoms with Crippen molar-refractivity contribution in [1.29, 1.82) is 0 Å². The Bertz CT molecular complexity index is 906. The third kappa shape index (κ3) is 3.22. The lowest BCUT2D eigenvalue weighted by molar-refractivity contribution is -0.419. The second-order valence-corrected chi connectivity index (χ2v) is 8.59. The molecule has 0 saturated heterocycles. The maximum atomic E-state index is 13.8. The van der Waals surface area contributed by atoms with Gasteiger partial charge in [-0.15, -0.1) is 0 Å². The van der Waals surface area contributed by atoms with Crippen LogP contribution in [-0.4, -0.2) is 40.1 Å². The van der Waals surface area contributed by atoms with Crippen LogP contribution in [0, 0.1) is 20.2 Å². The molecular formula is C14H10F6N2O6S. The molecule has 0 bridgehead atoms. The summed E-state index contributed by atoms with van der Waals surface area (Å²) in [5.41, 5.74) is -1.84. The molecule has 15 heteroatoms. The first-order valence-corrected chi connectivity index (χ1v) is 8.96. The molecule has 2 rings (SSSR count). The van der Waals surface area contributed by atoms with Gasteiger partial charge in [0.2, 0.25) is 0 Å². The molecule has 0 amide bonds. The van der Waals surface area contributed by atoms with Crippen molar-refractivity contribution in [3.8, 4) is 0 Å². The second kappa shape index (κ2) is 6.67. The van der Waals surface area contributed by atoms with E-state index in [9.17, 15) is 55.0 Å². The first-order valence-electron chi connectivity index (χ1n) is 7.48. The van der Waals surface area contributed by atoms with E-state index in [0.717, 1.165) is 0 Å². The topological polar surface area (TPSA) is 120 Å². The predicted molar refractivity (Wildman–Crippen MR) is 84.2 cm³/mol. The smallest absolute Gasteiger partial charge is 0.258 e. The van der Waals surface area contributed by atoms with Crippen molar-refractivity contribution in [2.45, 2.75) is 34.7 Å². The Labute approximate surface area is 158 Å². The fourth-order valence-corrected chi connectivity index (χ4v) is 5.30. The Hall–Kier alpha value is -2.71. The average molecular weight is 448 g/mol. The Morgan fingerprint density at radius 3 is 1.28 bits per heavy atom. The van der Waals surface area contributed by atoms with Crippen LogP contribution in [0.5, 0.6) is 0 Å². The number of nitrogens with zero attached hydrogens (tertiary/aromatic N) is 2. The van der Waals surface area contributed by atoms with Gasteiger partial charge in [0.15, 0.2) is 19.3 Å². The SMILES string of the molecule is O=[N+]([O-])C1=CCC(C(F)(F)F)(S(=O)(=O)C2(C(F)(F)F)C=CC([N+](=O)[O-])=CC2)C=C1. The van der Waals surface area contributed by atoms with Crippen molar-refractivity contribution in [2.75, 3.05) is 0 Å². The molecule has 0 fully saturated rings. The van der Waals surface area contributed by atoms with Gasteiger partial charge in [0.25, 0.3) is 11.4 Å². The van der Waals surface area contributed by atoms with Crippen LogP contribution in [0.4, 0.5) is 26.3 Å². The quantitative estimate of drug-likeness (QED) is 0.370. The van der Waals surface area contributed by atoms with E-state index in [4.69, 9.17) is 0 Å². The molecule has 2 atom stereocenters. The third-order valence-electron chi connectivity index (χ3n) is 4.62. The van der Waals surface area contributed by atoms with Crippen molar-refractivity contribution in [2.24, 2.45) is 0 Å². The molecule has 0 aromatic carbocycles. The van der Waals surface area contributed by atoms with Crippen LogP contribution < -0.4 is 0 Å². The highest BCUT2D eigenvalue weighted by atomic mass is 32.2. The number of rotatable bonds is 4. The lowest BCUT2D eigenvalue weighted by Gasteiger charge is -2.42. The second-order valence-electron chi connectivity index (χ2n) is 6.13. The van der Waals surface area contributed by atoms with Gasteiger partial charge >= 0.3 is 12.4 Å². The summed E-state index contributed by atoms with van der Waals surface area (Å²) < 4.78 is 100. The van der Waals surface area contributed by atoms with Gasteiger partial charge in [-0.25, -0.2) is 8.42 Å². The van der Waals surface area contributed by atoms with Gasteiger partial charge < -0.3 is 0 Å². The van der Waals surface area contributed by atoms with E-state index < -0.39 is 65.8 Å². The molecule has 0 aromatic heterocycles. The summed E-state index contributed by atoms with van der Waals surface area (Å²) >= 11 is 0. The predicted octanol–water partition coefficient (Wildman–Crippen LogP) is 3.24. The summed E-state index contributed by atoms with van der Waals surface area (Å²) in [7, 11) is -6.28. The van der Waals surface area contributed by atoms with Crippen LogP contribution in [0.3, 0.4) is 0 Å². The number of hydrogen-bond acceptors (Lipinski definition) is 6. The molecule has 2 aliphatic rings. The molecule has 0 N–H and O–H groups in total. The summed E-state index contributed by atoms with van der Waals surface area (Å²) in [5, 5.41) is 21.4. The van der Waals surface area contributed by atoms with E-state index in [1.165, 1.54) is 0 Å². The van der Waals surface area contributed by atoms with Crippen LogP contribution in [0.1, 0.15) is 12.8 Å². The van der Waals surface area contributed by atoms with E-state index in [-0.39, 0.29) is 36.5 Å². The average Bonchev–Trinajstić information content (AvgIpc) is 2.59. The van der Waals surface area contributed by atoms with Crippen molar-refractivity contribution in [3.63, 3.8) is 0 Å². The highest BCUT2D eigenvalue weighted by Gasteiger charge is 2.74. The van der Waals surface area contributed by atoms with Crippen molar-refractivity contribution < 1.29 is 44.6 Å². The first-order chi connectivity index (χ1) is 13.0. The van der Waals surface area contributed by atoms with Crippen molar-refractivity contribution >= 4 is 9.84 Å². The van der Waals surface area contributed by atoms with Gasteiger partial charge in [-0.05, 0) is 24.3 Å². The largest absolute Gasteiger partial charge is 0.411 e. The number of nitro groups is 2. The van der Waals surface area contributed by atoms with E-state index in [1.807, 2.05) is 0 Å². The number of sulfone groups is 1. The molecule has 0 radical (unpaired) electrons. The van der Waals surface area contributed by atoms with Gasteiger partial charge in [0.05, 0.1) is 9.85 Å². The number of alkyl halides is 6. The van der Waals surface area contributed by atoms with Gasteiger partial charge in [-0.2, -0.15) is 26.3 Å². The Balaban J connectivity index is 2.74. The highest BCUT2D eigenvalue weighted by molar-refractivity contribution is 7.94. The monoisotopic (exact) mass is 448 g/mol. The van der Waals surface area contributed by atoms with E-state index >= 15 is 0 Å².